The molecule has 0 radical (unpaired) electrons. The van der Waals surface area contributed by atoms with Gasteiger partial charge in [0.2, 0.25) is 0 Å². The first kappa shape index (κ1) is 10.8. The Morgan fingerprint density at radius 1 is 1.25 bits per heavy atom. The summed E-state index contributed by atoms with van der Waals surface area (Å²) < 4.78 is 1.19. The summed E-state index contributed by atoms with van der Waals surface area (Å²) in [4.78, 5) is 0. The number of halogens is 1. The smallest absolute Gasteiger partial charge is 0.0175 e. The van der Waals surface area contributed by atoms with Crippen LogP contribution < -0.4 is 0 Å². The Kier molecular flexibility index (Phi) is 2.27. The fourth-order valence-electron chi connectivity index (χ4n) is 4.05. The first-order chi connectivity index (χ1) is 7.68. The first-order valence-electron chi connectivity index (χ1n) is 6.44. The molecular weight excluding hydrogens is 260 g/mol. The summed E-state index contributed by atoms with van der Waals surface area (Å²) in [5.41, 5.74) is 2.83. The maximum Gasteiger partial charge on any atom is 0.0175 e. The third kappa shape index (κ3) is 1.21. The molecule has 2 aliphatic carbocycles. The van der Waals surface area contributed by atoms with Crippen molar-refractivity contribution in [1.82, 2.24) is 0 Å². The zero-order valence-electron chi connectivity index (χ0n) is 10.1. The SMILES string of the molecule is CCC1CC12CC2(CC)c1ccc(Br)cc1. The molecule has 0 heterocycles. The van der Waals surface area contributed by atoms with Gasteiger partial charge < -0.3 is 0 Å². The Morgan fingerprint density at radius 3 is 2.44 bits per heavy atom. The van der Waals surface area contributed by atoms with Crippen molar-refractivity contribution < 1.29 is 0 Å². The van der Waals surface area contributed by atoms with Crippen LogP contribution in [0.15, 0.2) is 28.7 Å². The highest BCUT2D eigenvalue weighted by Crippen LogP contribution is 2.83. The quantitative estimate of drug-likeness (QED) is 0.737. The van der Waals surface area contributed by atoms with Gasteiger partial charge in [-0.15, -0.1) is 0 Å². The molecule has 0 aliphatic heterocycles. The summed E-state index contributed by atoms with van der Waals surface area (Å²) >= 11 is 3.52. The van der Waals surface area contributed by atoms with E-state index in [0.717, 1.165) is 5.92 Å². The Balaban J connectivity index is 1.92. The van der Waals surface area contributed by atoms with Gasteiger partial charge in [-0.05, 0) is 48.3 Å². The van der Waals surface area contributed by atoms with Crippen LogP contribution >= 0.6 is 15.9 Å². The molecule has 16 heavy (non-hydrogen) atoms. The average Bonchev–Trinajstić information content (AvgIpc) is 3.18. The van der Waals surface area contributed by atoms with Crippen molar-refractivity contribution in [2.75, 3.05) is 0 Å². The van der Waals surface area contributed by atoms with Crippen LogP contribution in [0.4, 0.5) is 0 Å². The molecule has 0 nitrogen and oxygen atoms in total. The lowest BCUT2D eigenvalue weighted by Gasteiger charge is -2.16. The summed E-state index contributed by atoms with van der Waals surface area (Å²) in [7, 11) is 0. The van der Waals surface area contributed by atoms with E-state index in [1.807, 2.05) is 0 Å². The van der Waals surface area contributed by atoms with Gasteiger partial charge in [-0.1, -0.05) is 48.3 Å². The zero-order chi connectivity index (χ0) is 11.4. The third-order valence-corrected chi connectivity index (χ3v) is 5.70. The fourth-order valence-corrected chi connectivity index (χ4v) is 4.32. The van der Waals surface area contributed by atoms with E-state index in [-0.39, 0.29) is 0 Å². The predicted molar refractivity (Wildman–Crippen MR) is 71.6 cm³/mol. The molecule has 0 amide bonds. The van der Waals surface area contributed by atoms with Crippen molar-refractivity contribution >= 4 is 15.9 Å². The number of hydrogen-bond acceptors (Lipinski definition) is 0. The van der Waals surface area contributed by atoms with Crippen molar-refractivity contribution in [3.8, 4) is 0 Å². The van der Waals surface area contributed by atoms with Crippen LogP contribution in [0, 0.1) is 11.3 Å². The van der Waals surface area contributed by atoms with E-state index in [1.165, 1.54) is 30.2 Å². The molecule has 2 fully saturated rings. The average molecular weight is 279 g/mol. The molecule has 0 saturated heterocycles. The van der Waals surface area contributed by atoms with Gasteiger partial charge in [-0.3, -0.25) is 0 Å². The molecule has 1 spiro atoms. The summed E-state index contributed by atoms with van der Waals surface area (Å²) in [5.74, 6) is 1.01. The molecule has 3 unspecified atom stereocenters. The Labute approximate surface area is 107 Å². The minimum atomic E-state index is 0.536. The van der Waals surface area contributed by atoms with Crippen LogP contribution in [0.1, 0.15) is 45.1 Å². The second-order valence-electron chi connectivity index (χ2n) is 5.58. The van der Waals surface area contributed by atoms with E-state index in [4.69, 9.17) is 0 Å². The van der Waals surface area contributed by atoms with E-state index in [1.54, 1.807) is 5.56 Å². The maximum absolute atomic E-state index is 3.52. The second-order valence-corrected chi connectivity index (χ2v) is 6.50. The molecule has 86 valence electrons. The topological polar surface area (TPSA) is 0 Å². The second kappa shape index (κ2) is 3.35. The highest BCUT2D eigenvalue weighted by atomic mass is 79.9. The molecule has 2 aliphatic rings. The highest BCUT2D eigenvalue weighted by molar-refractivity contribution is 9.10. The summed E-state index contributed by atoms with van der Waals surface area (Å²) in [6, 6.07) is 9.05. The summed E-state index contributed by atoms with van der Waals surface area (Å²) in [6.45, 7) is 4.71. The molecule has 1 aromatic rings. The van der Waals surface area contributed by atoms with Gasteiger partial charge in [0.1, 0.15) is 0 Å². The zero-order valence-corrected chi connectivity index (χ0v) is 11.7. The predicted octanol–water partition coefficient (Wildman–Crippen LogP) is 4.92. The van der Waals surface area contributed by atoms with Gasteiger partial charge in [0.05, 0.1) is 0 Å². The molecule has 2 saturated carbocycles. The van der Waals surface area contributed by atoms with Gasteiger partial charge >= 0.3 is 0 Å². The standard InChI is InChI=1S/C15H19Br/c1-3-11-9-15(11)10-14(15,4-2)12-5-7-13(16)8-6-12/h5-8,11H,3-4,9-10H2,1-2H3. The largest absolute Gasteiger partial charge is 0.0651 e. The van der Waals surface area contributed by atoms with E-state index in [9.17, 15) is 0 Å². The lowest BCUT2D eigenvalue weighted by atomic mass is 9.88. The van der Waals surface area contributed by atoms with Crippen molar-refractivity contribution in [2.24, 2.45) is 11.3 Å². The monoisotopic (exact) mass is 278 g/mol. The minimum absolute atomic E-state index is 0.536. The third-order valence-electron chi connectivity index (χ3n) is 5.17. The van der Waals surface area contributed by atoms with Gasteiger partial charge in [-0.2, -0.15) is 0 Å². The normalized spacial score (nSPS) is 40.1. The molecule has 1 aromatic carbocycles. The van der Waals surface area contributed by atoms with Crippen molar-refractivity contribution in [2.45, 2.75) is 44.9 Å². The van der Waals surface area contributed by atoms with Crippen LogP contribution in [0.2, 0.25) is 0 Å². The number of hydrogen-bond donors (Lipinski definition) is 0. The van der Waals surface area contributed by atoms with E-state index < -0.39 is 0 Å². The molecule has 0 N–H and O–H groups in total. The summed E-state index contributed by atoms with van der Waals surface area (Å²) in [6.07, 6.45) is 5.60. The molecule has 3 atom stereocenters. The van der Waals surface area contributed by atoms with E-state index in [0.29, 0.717) is 10.8 Å². The van der Waals surface area contributed by atoms with E-state index >= 15 is 0 Å². The van der Waals surface area contributed by atoms with E-state index in [2.05, 4.69) is 54.0 Å². The lowest BCUT2D eigenvalue weighted by Crippen LogP contribution is -2.10. The lowest BCUT2D eigenvalue weighted by molar-refractivity contribution is 0.533. The molecule has 0 aromatic heterocycles. The maximum atomic E-state index is 3.52. The molecule has 3 rings (SSSR count). The molecule has 0 bridgehead atoms. The van der Waals surface area contributed by atoms with Crippen LogP contribution in [-0.4, -0.2) is 0 Å². The van der Waals surface area contributed by atoms with Gasteiger partial charge in [-0.25, -0.2) is 0 Å². The Hall–Kier alpha value is -0.300. The van der Waals surface area contributed by atoms with Crippen LogP contribution in [0.5, 0.6) is 0 Å². The number of rotatable bonds is 3. The number of benzene rings is 1. The van der Waals surface area contributed by atoms with Gasteiger partial charge in [0, 0.05) is 9.89 Å². The van der Waals surface area contributed by atoms with Crippen molar-refractivity contribution in [3.05, 3.63) is 34.3 Å². The first-order valence-corrected chi connectivity index (χ1v) is 7.24. The van der Waals surface area contributed by atoms with Crippen LogP contribution in [-0.2, 0) is 5.41 Å². The van der Waals surface area contributed by atoms with Crippen molar-refractivity contribution in [1.29, 1.82) is 0 Å². The molecular formula is C15H19Br. The fraction of sp³-hybridized carbons (Fsp3) is 0.600. The van der Waals surface area contributed by atoms with Crippen LogP contribution in [0.3, 0.4) is 0 Å². The van der Waals surface area contributed by atoms with Crippen LogP contribution in [0.25, 0.3) is 0 Å². The highest BCUT2D eigenvalue weighted by Gasteiger charge is 2.77. The minimum Gasteiger partial charge on any atom is -0.0651 e. The molecule has 1 heteroatoms. The van der Waals surface area contributed by atoms with Gasteiger partial charge in [0.25, 0.3) is 0 Å². The Bertz CT molecular complexity index is 408. The summed E-state index contributed by atoms with van der Waals surface area (Å²) in [5, 5.41) is 0. The van der Waals surface area contributed by atoms with Gasteiger partial charge in [0.15, 0.2) is 0 Å². The van der Waals surface area contributed by atoms with Crippen molar-refractivity contribution in [3.63, 3.8) is 0 Å². The Morgan fingerprint density at radius 2 is 1.94 bits per heavy atom.